The summed E-state index contributed by atoms with van der Waals surface area (Å²) in [7, 11) is 6.67. The van der Waals surface area contributed by atoms with Gasteiger partial charge in [-0.05, 0) is 7.05 Å². The van der Waals surface area contributed by atoms with Crippen LogP contribution >= 0.6 is 0 Å². The molecule has 25 heavy (non-hydrogen) atoms. The molecule has 0 aromatic heterocycles. The SMILES string of the molecule is CN[C@H]1CN(CCOC)C1=O.[CH-]=C(NC)C(=O)N(CCOC)[C](C)=[W]. The molecule has 2 amide bonds. The number of ether oxygens (including phenoxy) is 2. The number of hydrogen-bond acceptors (Lipinski definition) is 6. The van der Waals surface area contributed by atoms with E-state index < -0.39 is 0 Å². The third kappa shape index (κ3) is 8.22. The van der Waals surface area contributed by atoms with E-state index in [0.717, 1.165) is 10.6 Å². The van der Waals surface area contributed by atoms with Crippen LogP contribution in [0.5, 0.6) is 0 Å². The third-order valence-corrected chi connectivity index (χ3v) is 4.36. The second kappa shape index (κ2) is 13.2. The fourth-order valence-electron chi connectivity index (χ4n) is 1.95. The van der Waals surface area contributed by atoms with Gasteiger partial charge in [0, 0.05) is 20.2 Å². The first-order chi connectivity index (χ1) is 11.8. The van der Waals surface area contributed by atoms with Crippen molar-refractivity contribution in [3.05, 3.63) is 12.3 Å². The van der Waals surface area contributed by atoms with Crippen molar-refractivity contribution >= 4 is 15.8 Å². The van der Waals surface area contributed by atoms with Crippen LogP contribution in [0.2, 0.25) is 0 Å². The van der Waals surface area contributed by atoms with Gasteiger partial charge in [-0.3, -0.25) is 4.79 Å². The summed E-state index contributed by atoms with van der Waals surface area (Å²) in [4.78, 5) is 26.2. The van der Waals surface area contributed by atoms with Gasteiger partial charge >= 0.3 is 95.5 Å². The van der Waals surface area contributed by atoms with E-state index in [4.69, 9.17) is 16.1 Å². The van der Waals surface area contributed by atoms with Crippen LogP contribution in [0.25, 0.3) is 0 Å². The Morgan fingerprint density at radius 1 is 1.36 bits per heavy atom. The Morgan fingerprint density at radius 3 is 2.36 bits per heavy atom. The predicted molar refractivity (Wildman–Crippen MR) is 92.4 cm³/mol. The van der Waals surface area contributed by atoms with Crippen LogP contribution in [0.4, 0.5) is 0 Å². The normalized spacial score (nSPS) is 15.6. The van der Waals surface area contributed by atoms with Crippen LogP contribution in [0.3, 0.4) is 0 Å². The standard InChI is InChI=1S/C9H15N2O2.C7H14N2O2.W/c1-5-11(6-7-13-4)9(12)8(2)10-3;1-8-6-5-9(7(6)10)3-4-11-2;/h2,10H,6-7H2,1,3-4H3;6,8H,3-5H2,1-2H3;/q-1;;/t;6-;/m.0./s1. The molecule has 0 spiro atoms. The van der Waals surface area contributed by atoms with Crippen molar-refractivity contribution in [2.45, 2.75) is 13.0 Å². The van der Waals surface area contributed by atoms with Gasteiger partial charge in [-0.1, -0.05) is 0 Å². The van der Waals surface area contributed by atoms with E-state index in [0.29, 0.717) is 26.3 Å². The molecule has 0 unspecified atom stereocenters. The first-order valence-corrected chi connectivity index (χ1v) is 9.37. The summed E-state index contributed by atoms with van der Waals surface area (Å²) in [5, 5.41) is 5.56. The number of β-lactam (4-membered cyclic amide) rings is 1. The number of carbonyl (C=O) groups excluding carboxylic acids is 2. The second-order valence-corrected chi connectivity index (χ2v) is 7.37. The van der Waals surface area contributed by atoms with E-state index in [-0.39, 0.29) is 23.6 Å². The number of likely N-dealkylation sites (tertiary alicyclic amines) is 1. The van der Waals surface area contributed by atoms with Crippen LogP contribution in [-0.2, 0) is 38.4 Å². The second-order valence-electron chi connectivity index (χ2n) is 5.25. The number of amides is 2. The fourth-order valence-corrected chi connectivity index (χ4v) is 2.58. The Bertz CT molecular complexity index is 471. The minimum atomic E-state index is -0.197. The van der Waals surface area contributed by atoms with E-state index in [9.17, 15) is 9.59 Å². The van der Waals surface area contributed by atoms with Crippen LogP contribution in [0, 0.1) is 6.58 Å². The molecule has 1 aliphatic heterocycles. The van der Waals surface area contributed by atoms with Gasteiger partial charge in [0.1, 0.15) is 6.04 Å². The van der Waals surface area contributed by atoms with Gasteiger partial charge < -0.3 is 15.0 Å². The summed E-state index contributed by atoms with van der Waals surface area (Å²) in [5.41, 5.74) is 0.154. The molecule has 1 saturated heterocycles. The molecule has 9 heteroatoms. The summed E-state index contributed by atoms with van der Waals surface area (Å²) in [6, 6.07) is 0.0480. The summed E-state index contributed by atoms with van der Waals surface area (Å²) in [6.45, 7) is 10.6. The molecule has 1 atom stereocenters. The van der Waals surface area contributed by atoms with E-state index in [1.165, 1.54) is 19.4 Å². The van der Waals surface area contributed by atoms with E-state index in [1.54, 1.807) is 38.1 Å². The van der Waals surface area contributed by atoms with Gasteiger partial charge in [-0.25, -0.2) is 0 Å². The number of carbonyl (C=O) groups is 2. The van der Waals surface area contributed by atoms with Gasteiger partial charge in [0.05, 0.1) is 6.61 Å². The van der Waals surface area contributed by atoms with Crippen molar-refractivity contribution in [2.75, 3.05) is 61.2 Å². The molecule has 1 heterocycles. The van der Waals surface area contributed by atoms with Crippen molar-refractivity contribution < 1.29 is 38.4 Å². The first-order valence-electron chi connectivity index (χ1n) is 7.90. The van der Waals surface area contributed by atoms with Crippen LogP contribution in [0.1, 0.15) is 6.92 Å². The van der Waals surface area contributed by atoms with Gasteiger partial charge in [-0.2, -0.15) is 0 Å². The zero-order valence-electron chi connectivity index (χ0n) is 15.6. The molecule has 0 aromatic rings. The topological polar surface area (TPSA) is 83.1 Å². The number of hydrogen-bond donors (Lipinski definition) is 2. The molecule has 0 radical (unpaired) electrons. The van der Waals surface area contributed by atoms with Gasteiger partial charge in [0.15, 0.2) is 0 Å². The summed E-state index contributed by atoms with van der Waals surface area (Å²) in [6.07, 6.45) is 0. The van der Waals surface area contributed by atoms with Crippen LogP contribution in [0.15, 0.2) is 5.70 Å². The Morgan fingerprint density at radius 2 is 1.96 bits per heavy atom. The molecule has 8 nitrogen and oxygen atoms in total. The van der Waals surface area contributed by atoms with Crippen molar-refractivity contribution in [3.8, 4) is 0 Å². The van der Waals surface area contributed by atoms with Crippen LogP contribution < -0.4 is 10.6 Å². The Balaban J connectivity index is 0.000000472. The van der Waals surface area contributed by atoms with E-state index >= 15 is 0 Å². The van der Waals surface area contributed by atoms with Gasteiger partial charge in [0.2, 0.25) is 5.91 Å². The predicted octanol–water partition coefficient (Wildman–Crippen LogP) is -1.24. The number of methoxy groups -OCH3 is 2. The molecule has 0 aromatic carbocycles. The van der Waals surface area contributed by atoms with Crippen molar-refractivity contribution in [3.63, 3.8) is 0 Å². The number of nitrogens with one attached hydrogen (secondary N) is 2. The van der Waals surface area contributed by atoms with E-state index in [1.807, 2.05) is 6.92 Å². The Kier molecular flexibility index (Phi) is 12.6. The molecular weight excluding hydrogens is 496 g/mol. The van der Waals surface area contributed by atoms with E-state index in [2.05, 4.69) is 10.6 Å². The zero-order valence-corrected chi connectivity index (χ0v) is 18.6. The van der Waals surface area contributed by atoms with Gasteiger partial charge in [0.25, 0.3) is 0 Å². The maximum atomic E-state index is 11.7. The Hall–Kier alpha value is -1.08. The third-order valence-electron chi connectivity index (χ3n) is 3.57. The van der Waals surface area contributed by atoms with Crippen molar-refractivity contribution in [2.24, 2.45) is 0 Å². The number of nitrogens with zero attached hydrogens (tertiary/aromatic N) is 2. The molecule has 1 rings (SSSR count). The molecule has 0 bridgehead atoms. The summed E-state index contributed by atoms with van der Waals surface area (Å²) < 4.78 is 10.7. The Labute approximate surface area is 161 Å². The number of likely N-dealkylation sites (N-methyl/N-ethyl adjacent to an activating group) is 2. The maximum absolute atomic E-state index is 11.7. The molecular formula is C16H29N4O4W-. The molecule has 2 N–H and O–H groups in total. The quantitative estimate of drug-likeness (QED) is 0.211. The van der Waals surface area contributed by atoms with Crippen molar-refractivity contribution in [1.29, 1.82) is 0 Å². The summed E-state index contributed by atoms with van der Waals surface area (Å²) in [5.74, 6) is -0.0124. The summed E-state index contributed by atoms with van der Waals surface area (Å²) >= 11 is 1.24. The molecule has 1 fully saturated rings. The average molecular weight is 525 g/mol. The first kappa shape index (κ1) is 23.9. The number of rotatable bonds is 10. The zero-order chi connectivity index (χ0) is 19.4. The molecule has 0 saturated carbocycles. The molecule has 144 valence electrons. The van der Waals surface area contributed by atoms with Crippen LogP contribution in [-0.4, -0.2) is 92.8 Å². The minimum absolute atomic E-state index is 0.0480. The fraction of sp³-hybridized carbons (Fsp3) is 0.688. The molecule has 1 aliphatic rings. The molecule has 0 aliphatic carbocycles. The monoisotopic (exact) mass is 525 g/mol. The van der Waals surface area contributed by atoms with Crippen molar-refractivity contribution in [1.82, 2.24) is 20.4 Å². The van der Waals surface area contributed by atoms with Gasteiger partial charge in [-0.15, -0.1) is 0 Å². The average Bonchev–Trinajstić information content (AvgIpc) is 2.60.